The van der Waals surface area contributed by atoms with Gasteiger partial charge in [0.25, 0.3) is 0 Å². The predicted molar refractivity (Wildman–Crippen MR) is 123 cm³/mol. The first-order valence-corrected chi connectivity index (χ1v) is 11.4. The van der Waals surface area contributed by atoms with Gasteiger partial charge in [0.2, 0.25) is 0 Å². The maximum Gasteiger partial charge on any atom is 0.335 e. The van der Waals surface area contributed by atoms with E-state index in [0.717, 1.165) is 18.4 Å². The molecule has 0 saturated heterocycles. The molecule has 2 N–H and O–H groups in total. The second-order valence-corrected chi connectivity index (χ2v) is 10.5. The van der Waals surface area contributed by atoms with Crippen LogP contribution in [-0.4, -0.2) is 16.2 Å². The predicted octanol–water partition coefficient (Wildman–Crippen LogP) is 7.16. The Morgan fingerprint density at radius 3 is 2.63 bits per heavy atom. The lowest BCUT2D eigenvalue weighted by Gasteiger charge is -2.58. The molecule has 1 fully saturated rings. The van der Waals surface area contributed by atoms with E-state index in [-0.39, 0.29) is 16.7 Å². The Labute approximate surface area is 181 Å². The molecule has 2 aliphatic rings. The lowest BCUT2D eigenvalue weighted by molar-refractivity contribution is -0.0506. The number of benzene rings is 1. The van der Waals surface area contributed by atoms with Crippen LogP contribution < -0.4 is 0 Å². The van der Waals surface area contributed by atoms with Crippen LogP contribution in [0.1, 0.15) is 89.1 Å². The number of aromatic hydroxyl groups is 1. The van der Waals surface area contributed by atoms with Gasteiger partial charge in [0.05, 0.1) is 5.56 Å². The quantitative estimate of drug-likeness (QED) is 0.489. The van der Waals surface area contributed by atoms with Crippen LogP contribution in [0.4, 0.5) is 0 Å². The van der Waals surface area contributed by atoms with Crippen molar-refractivity contribution < 1.29 is 15.0 Å². The zero-order chi connectivity index (χ0) is 22.1. The molecule has 3 heteroatoms. The summed E-state index contributed by atoms with van der Waals surface area (Å²) in [5, 5.41) is 19.9. The number of carboxylic acid groups (broad SMARTS) is 1. The molecule has 164 valence electrons. The molecule has 0 heterocycles. The third-order valence-electron chi connectivity index (χ3n) is 8.14. The minimum atomic E-state index is -0.944. The van der Waals surface area contributed by atoms with E-state index >= 15 is 0 Å². The maximum atomic E-state index is 11.4. The average molecular weight is 411 g/mol. The van der Waals surface area contributed by atoms with Crippen LogP contribution in [-0.2, 0) is 6.42 Å². The Morgan fingerprint density at radius 2 is 1.97 bits per heavy atom. The molecule has 2 aliphatic carbocycles. The van der Waals surface area contributed by atoms with Crippen molar-refractivity contribution in [1.29, 1.82) is 0 Å². The molecule has 1 saturated carbocycles. The molecule has 0 radical (unpaired) electrons. The largest absolute Gasteiger partial charge is 0.508 e. The fourth-order valence-corrected chi connectivity index (χ4v) is 6.44. The first-order valence-electron chi connectivity index (χ1n) is 11.4. The summed E-state index contributed by atoms with van der Waals surface area (Å²) in [5.41, 5.74) is 4.27. The fourth-order valence-electron chi connectivity index (χ4n) is 6.44. The lowest BCUT2D eigenvalue weighted by atomic mass is 9.47. The normalized spacial score (nSPS) is 30.9. The SMILES string of the molecule is CC(C)=CCC[C@@]1(C)CCC[C@@]2(C)C1CC=C(C)[C@@H]2Cc1cc(C(=O)O)ccc1O. The van der Waals surface area contributed by atoms with Crippen molar-refractivity contribution in [2.24, 2.45) is 22.7 Å². The van der Waals surface area contributed by atoms with Gasteiger partial charge in [0.1, 0.15) is 5.75 Å². The highest BCUT2D eigenvalue weighted by Crippen LogP contribution is 2.61. The number of carbonyl (C=O) groups is 1. The summed E-state index contributed by atoms with van der Waals surface area (Å²) in [6, 6.07) is 4.68. The van der Waals surface area contributed by atoms with Crippen molar-refractivity contribution in [2.75, 3.05) is 0 Å². The van der Waals surface area contributed by atoms with Gasteiger partial charge in [-0.15, -0.1) is 0 Å². The molecular weight excluding hydrogens is 372 g/mol. The van der Waals surface area contributed by atoms with Crippen LogP contribution in [0, 0.1) is 22.7 Å². The molecule has 0 bridgehead atoms. The van der Waals surface area contributed by atoms with Gasteiger partial charge in [-0.25, -0.2) is 4.79 Å². The molecule has 0 aromatic heterocycles. The van der Waals surface area contributed by atoms with Crippen molar-refractivity contribution >= 4 is 5.97 Å². The van der Waals surface area contributed by atoms with Crippen molar-refractivity contribution in [3.63, 3.8) is 0 Å². The van der Waals surface area contributed by atoms with E-state index in [1.54, 1.807) is 6.07 Å². The Kier molecular flexibility index (Phi) is 6.50. The van der Waals surface area contributed by atoms with Gasteiger partial charge < -0.3 is 10.2 Å². The topological polar surface area (TPSA) is 57.5 Å². The molecule has 4 atom stereocenters. The molecule has 1 aromatic carbocycles. The van der Waals surface area contributed by atoms with Gasteiger partial charge in [0.15, 0.2) is 0 Å². The molecule has 30 heavy (non-hydrogen) atoms. The van der Waals surface area contributed by atoms with Gasteiger partial charge in [-0.05, 0) is 106 Å². The van der Waals surface area contributed by atoms with Crippen LogP contribution in [0.2, 0.25) is 0 Å². The Hall–Kier alpha value is -2.03. The Bertz CT molecular complexity index is 861. The third-order valence-corrected chi connectivity index (χ3v) is 8.14. The molecule has 3 rings (SSSR count). The van der Waals surface area contributed by atoms with E-state index in [2.05, 4.69) is 46.8 Å². The highest BCUT2D eigenvalue weighted by molar-refractivity contribution is 5.88. The van der Waals surface area contributed by atoms with E-state index in [9.17, 15) is 15.0 Å². The van der Waals surface area contributed by atoms with Crippen LogP contribution in [0.5, 0.6) is 5.75 Å². The van der Waals surface area contributed by atoms with E-state index in [0.29, 0.717) is 23.7 Å². The van der Waals surface area contributed by atoms with Gasteiger partial charge >= 0.3 is 5.97 Å². The summed E-state index contributed by atoms with van der Waals surface area (Å²) >= 11 is 0. The molecule has 1 aromatic rings. The number of hydrogen-bond donors (Lipinski definition) is 2. The van der Waals surface area contributed by atoms with E-state index in [1.807, 2.05) is 0 Å². The van der Waals surface area contributed by atoms with Gasteiger partial charge in [-0.3, -0.25) is 0 Å². The molecule has 0 amide bonds. The van der Waals surface area contributed by atoms with Crippen LogP contribution in [0.15, 0.2) is 41.5 Å². The second kappa shape index (κ2) is 8.61. The van der Waals surface area contributed by atoms with Crippen LogP contribution in [0.3, 0.4) is 0 Å². The van der Waals surface area contributed by atoms with Crippen molar-refractivity contribution in [3.8, 4) is 5.75 Å². The minimum absolute atomic E-state index is 0.169. The summed E-state index contributed by atoms with van der Waals surface area (Å²) in [6.07, 6.45) is 12.7. The van der Waals surface area contributed by atoms with Crippen molar-refractivity contribution in [1.82, 2.24) is 0 Å². The highest BCUT2D eigenvalue weighted by Gasteiger charge is 2.53. The summed E-state index contributed by atoms with van der Waals surface area (Å²) < 4.78 is 0. The number of hydrogen-bond acceptors (Lipinski definition) is 2. The van der Waals surface area contributed by atoms with Crippen molar-refractivity contribution in [2.45, 2.75) is 79.6 Å². The number of allylic oxidation sites excluding steroid dienone is 4. The number of phenolic OH excluding ortho intramolecular Hbond substituents is 1. The van der Waals surface area contributed by atoms with E-state index in [1.165, 1.54) is 49.0 Å². The first-order chi connectivity index (χ1) is 14.1. The third kappa shape index (κ3) is 4.36. The fraction of sp³-hybridized carbons (Fsp3) is 0.593. The van der Waals surface area contributed by atoms with Crippen LogP contribution >= 0.6 is 0 Å². The van der Waals surface area contributed by atoms with Gasteiger partial charge in [-0.2, -0.15) is 0 Å². The first kappa shape index (κ1) is 22.7. The van der Waals surface area contributed by atoms with Gasteiger partial charge in [-0.1, -0.05) is 43.6 Å². The number of carboxylic acids is 1. The summed E-state index contributed by atoms with van der Waals surface area (Å²) in [7, 11) is 0. The number of rotatable bonds is 6. The Morgan fingerprint density at radius 1 is 1.23 bits per heavy atom. The summed E-state index contributed by atoms with van der Waals surface area (Å²) in [6.45, 7) is 11.5. The standard InChI is InChI=1S/C27H38O3/c1-18(2)8-6-13-26(4)14-7-15-27(5)22(19(3)9-12-24(26)27)17-21-16-20(25(29)30)10-11-23(21)28/h8-11,16,22,24,28H,6-7,12-15,17H2,1-5H3,(H,29,30)/t22-,24?,26-,27+/m0/s1. The summed E-state index contributed by atoms with van der Waals surface area (Å²) in [4.78, 5) is 11.4. The average Bonchev–Trinajstić information content (AvgIpc) is 2.65. The molecular formula is C27H38O3. The number of fused-ring (bicyclic) bond motifs is 1. The monoisotopic (exact) mass is 410 g/mol. The minimum Gasteiger partial charge on any atom is -0.508 e. The molecule has 3 nitrogen and oxygen atoms in total. The second-order valence-electron chi connectivity index (χ2n) is 10.5. The highest BCUT2D eigenvalue weighted by atomic mass is 16.4. The zero-order valence-electron chi connectivity index (χ0n) is 19.3. The molecule has 1 unspecified atom stereocenters. The zero-order valence-corrected chi connectivity index (χ0v) is 19.3. The van der Waals surface area contributed by atoms with Crippen LogP contribution in [0.25, 0.3) is 0 Å². The summed E-state index contributed by atoms with van der Waals surface area (Å²) in [5.74, 6) is 0.207. The van der Waals surface area contributed by atoms with E-state index in [4.69, 9.17) is 0 Å². The Balaban J connectivity index is 1.92. The lowest BCUT2D eigenvalue weighted by Crippen LogP contribution is -2.50. The maximum absolute atomic E-state index is 11.4. The van der Waals surface area contributed by atoms with Crippen molar-refractivity contribution in [3.05, 3.63) is 52.6 Å². The number of aromatic carboxylic acids is 1. The van der Waals surface area contributed by atoms with Gasteiger partial charge in [0, 0.05) is 0 Å². The number of phenols is 1. The molecule has 0 spiro atoms. The molecule has 0 aliphatic heterocycles. The van der Waals surface area contributed by atoms with E-state index < -0.39 is 5.97 Å². The smallest absolute Gasteiger partial charge is 0.335 e.